The van der Waals surface area contributed by atoms with Crippen molar-refractivity contribution in [3.63, 3.8) is 0 Å². The van der Waals surface area contributed by atoms with Gasteiger partial charge in [-0.15, -0.1) is 11.6 Å². The van der Waals surface area contributed by atoms with E-state index >= 15 is 0 Å². The fourth-order valence-corrected chi connectivity index (χ4v) is 2.78. The molecule has 12 heavy (non-hydrogen) atoms. The molecule has 1 rings (SSSR count). The van der Waals surface area contributed by atoms with Crippen molar-refractivity contribution in [1.82, 2.24) is 0 Å². The van der Waals surface area contributed by atoms with Gasteiger partial charge in [0.05, 0.1) is 11.5 Å². The van der Waals surface area contributed by atoms with Crippen molar-refractivity contribution in [2.75, 3.05) is 0 Å². The van der Waals surface area contributed by atoms with Crippen LogP contribution in [0.25, 0.3) is 0 Å². The van der Waals surface area contributed by atoms with Crippen LogP contribution in [0.1, 0.15) is 26.2 Å². The van der Waals surface area contributed by atoms with Gasteiger partial charge in [-0.25, -0.2) is 0 Å². The zero-order valence-corrected chi connectivity index (χ0v) is 9.48. The molecule has 0 spiro atoms. The summed E-state index contributed by atoms with van der Waals surface area (Å²) < 4.78 is 1.07. The zero-order chi connectivity index (χ0) is 9.14. The van der Waals surface area contributed by atoms with Gasteiger partial charge in [0.1, 0.15) is 0 Å². The number of allylic oxidation sites excluding steroid dienone is 1. The average Bonchev–Trinajstić information content (AvgIpc) is 2.03. The monoisotopic (exact) mass is 252 g/mol. The quantitative estimate of drug-likeness (QED) is 0.750. The van der Waals surface area contributed by atoms with Crippen LogP contribution in [0.2, 0.25) is 0 Å². The van der Waals surface area contributed by atoms with Crippen LogP contribution in [0.3, 0.4) is 0 Å². The fourth-order valence-electron chi connectivity index (χ4n) is 1.52. The molecule has 3 unspecified atom stereocenters. The van der Waals surface area contributed by atoms with Gasteiger partial charge < -0.3 is 5.11 Å². The van der Waals surface area contributed by atoms with E-state index in [-0.39, 0.29) is 17.4 Å². The molecule has 0 bridgehead atoms. The second kappa shape index (κ2) is 4.64. The summed E-state index contributed by atoms with van der Waals surface area (Å²) in [5, 5.41) is 9.76. The Morgan fingerprint density at radius 3 is 2.92 bits per heavy atom. The van der Waals surface area contributed by atoms with Gasteiger partial charge in [-0.3, -0.25) is 0 Å². The summed E-state index contributed by atoms with van der Waals surface area (Å²) >= 11 is 9.39. The molecule has 0 aliphatic heterocycles. The Kier molecular flexibility index (Phi) is 4.08. The molecule has 0 aromatic carbocycles. The van der Waals surface area contributed by atoms with E-state index in [9.17, 15) is 5.11 Å². The molecule has 1 nitrogen and oxygen atoms in total. The van der Waals surface area contributed by atoms with Gasteiger partial charge in [-0.2, -0.15) is 0 Å². The maximum absolute atomic E-state index is 9.63. The zero-order valence-electron chi connectivity index (χ0n) is 7.13. The third-order valence-electron chi connectivity index (χ3n) is 2.33. The number of aliphatic hydroxyl groups is 1. The molecule has 1 aliphatic carbocycles. The number of halogens is 2. The molecular weight excluding hydrogens is 239 g/mol. The SMILES string of the molecule is CCC(O)C1CCC(Cl)C=C1Br. The lowest BCUT2D eigenvalue weighted by Gasteiger charge is -2.26. The van der Waals surface area contributed by atoms with E-state index < -0.39 is 0 Å². The lowest BCUT2D eigenvalue weighted by atomic mass is 9.89. The molecule has 0 amide bonds. The summed E-state index contributed by atoms with van der Waals surface area (Å²) in [6.45, 7) is 2.00. The minimum absolute atomic E-state index is 0.139. The summed E-state index contributed by atoms with van der Waals surface area (Å²) in [5.74, 6) is 0.269. The molecule has 0 radical (unpaired) electrons. The highest BCUT2D eigenvalue weighted by atomic mass is 79.9. The van der Waals surface area contributed by atoms with E-state index in [1.165, 1.54) is 0 Å². The summed E-state index contributed by atoms with van der Waals surface area (Å²) in [6, 6.07) is 0. The maximum Gasteiger partial charge on any atom is 0.0611 e. The minimum atomic E-state index is -0.222. The second-order valence-electron chi connectivity index (χ2n) is 3.23. The fraction of sp³-hybridized carbons (Fsp3) is 0.778. The smallest absolute Gasteiger partial charge is 0.0611 e. The number of alkyl halides is 1. The van der Waals surface area contributed by atoms with Crippen molar-refractivity contribution < 1.29 is 5.11 Å². The molecule has 1 N–H and O–H groups in total. The molecule has 0 aromatic rings. The number of hydrogen-bond acceptors (Lipinski definition) is 1. The maximum atomic E-state index is 9.63. The first-order valence-electron chi connectivity index (χ1n) is 4.34. The topological polar surface area (TPSA) is 20.2 Å². The summed E-state index contributed by atoms with van der Waals surface area (Å²) in [7, 11) is 0. The van der Waals surface area contributed by atoms with Crippen LogP contribution in [0, 0.1) is 5.92 Å². The number of aliphatic hydroxyl groups excluding tert-OH is 1. The van der Waals surface area contributed by atoms with Crippen LogP contribution >= 0.6 is 27.5 Å². The average molecular weight is 254 g/mol. The van der Waals surface area contributed by atoms with Crippen LogP contribution in [0.4, 0.5) is 0 Å². The molecule has 0 saturated carbocycles. The molecule has 0 fully saturated rings. The molecule has 3 heteroatoms. The van der Waals surface area contributed by atoms with Crippen LogP contribution in [0.15, 0.2) is 10.6 Å². The van der Waals surface area contributed by atoms with Gasteiger partial charge in [0.15, 0.2) is 0 Å². The molecule has 0 aromatic heterocycles. The van der Waals surface area contributed by atoms with Crippen molar-refractivity contribution in [3.8, 4) is 0 Å². The lowest BCUT2D eigenvalue weighted by molar-refractivity contribution is 0.117. The first-order valence-corrected chi connectivity index (χ1v) is 5.57. The largest absolute Gasteiger partial charge is 0.392 e. The van der Waals surface area contributed by atoms with Gasteiger partial charge in [0.2, 0.25) is 0 Å². The predicted molar refractivity (Wildman–Crippen MR) is 55.7 cm³/mol. The molecule has 70 valence electrons. The van der Waals surface area contributed by atoms with Crippen LogP contribution in [-0.2, 0) is 0 Å². The van der Waals surface area contributed by atoms with E-state index in [1.807, 2.05) is 13.0 Å². The Balaban J connectivity index is 2.62. The van der Waals surface area contributed by atoms with Gasteiger partial charge in [0.25, 0.3) is 0 Å². The third-order valence-corrected chi connectivity index (χ3v) is 3.53. The molecule has 0 saturated heterocycles. The minimum Gasteiger partial charge on any atom is -0.392 e. The van der Waals surface area contributed by atoms with Crippen molar-refractivity contribution in [3.05, 3.63) is 10.6 Å². The van der Waals surface area contributed by atoms with E-state index in [1.54, 1.807) is 0 Å². The highest BCUT2D eigenvalue weighted by Crippen LogP contribution is 2.34. The Morgan fingerprint density at radius 1 is 1.75 bits per heavy atom. The Hall–Kier alpha value is 0.470. The molecule has 1 aliphatic rings. The highest BCUT2D eigenvalue weighted by molar-refractivity contribution is 9.11. The van der Waals surface area contributed by atoms with Crippen molar-refractivity contribution >= 4 is 27.5 Å². The van der Waals surface area contributed by atoms with E-state index in [0.717, 1.165) is 23.7 Å². The van der Waals surface area contributed by atoms with Crippen LogP contribution in [0.5, 0.6) is 0 Å². The van der Waals surface area contributed by atoms with Crippen molar-refractivity contribution in [2.24, 2.45) is 5.92 Å². The third kappa shape index (κ3) is 2.48. The normalized spacial score (nSPS) is 32.8. The summed E-state index contributed by atoms with van der Waals surface area (Å²) in [4.78, 5) is 0. The standard InChI is InChI=1S/C9H14BrClO/c1-2-9(12)7-4-3-6(11)5-8(7)10/h5-7,9,12H,2-4H2,1H3. The first kappa shape index (κ1) is 10.6. The van der Waals surface area contributed by atoms with E-state index in [4.69, 9.17) is 11.6 Å². The highest BCUT2D eigenvalue weighted by Gasteiger charge is 2.25. The van der Waals surface area contributed by atoms with E-state index in [0.29, 0.717) is 0 Å². The van der Waals surface area contributed by atoms with Crippen molar-refractivity contribution in [2.45, 2.75) is 37.7 Å². The molecule has 0 heterocycles. The summed E-state index contributed by atoms with van der Waals surface area (Å²) in [6.07, 6.45) is 4.54. The predicted octanol–water partition coefficient (Wildman–Crippen LogP) is 3.05. The molecule has 3 atom stereocenters. The van der Waals surface area contributed by atoms with Gasteiger partial charge >= 0.3 is 0 Å². The van der Waals surface area contributed by atoms with Gasteiger partial charge in [0, 0.05) is 5.92 Å². The van der Waals surface area contributed by atoms with Gasteiger partial charge in [-0.1, -0.05) is 28.9 Å². The van der Waals surface area contributed by atoms with Crippen LogP contribution in [-0.4, -0.2) is 16.6 Å². The van der Waals surface area contributed by atoms with Gasteiger partial charge in [-0.05, 0) is 23.7 Å². The van der Waals surface area contributed by atoms with Crippen LogP contribution < -0.4 is 0 Å². The lowest BCUT2D eigenvalue weighted by Crippen LogP contribution is -2.24. The number of rotatable bonds is 2. The first-order chi connectivity index (χ1) is 5.65. The Morgan fingerprint density at radius 2 is 2.42 bits per heavy atom. The Bertz CT molecular complexity index is 181. The summed E-state index contributed by atoms with van der Waals surface area (Å²) in [5.41, 5.74) is 0. The van der Waals surface area contributed by atoms with E-state index in [2.05, 4.69) is 15.9 Å². The van der Waals surface area contributed by atoms with Crippen molar-refractivity contribution in [1.29, 1.82) is 0 Å². The second-order valence-corrected chi connectivity index (χ2v) is 4.70. The Labute approximate surface area is 86.9 Å². The number of hydrogen-bond donors (Lipinski definition) is 1. The molecular formula is C9H14BrClO.